The summed E-state index contributed by atoms with van der Waals surface area (Å²) in [5.41, 5.74) is 0. The molecule has 0 bridgehead atoms. The van der Waals surface area contributed by atoms with E-state index >= 15 is 0 Å². The third-order valence-corrected chi connectivity index (χ3v) is 1.42. The minimum absolute atomic E-state index is 0.713. The number of likely N-dealkylation sites (N-methyl/N-ethyl adjacent to an activating group) is 1. The summed E-state index contributed by atoms with van der Waals surface area (Å²) in [7, 11) is 1.28. The summed E-state index contributed by atoms with van der Waals surface area (Å²) in [6, 6.07) is 0. The van der Waals surface area contributed by atoms with Crippen LogP contribution in [0.3, 0.4) is 0 Å². The van der Waals surface area contributed by atoms with E-state index in [4.69, 9.17) is 20.4 Å². The Morgan fingerprint density at radius 3 is 2.25 bits per heavy atom. The molecule has 12 heavy (non-hydrogen) atoms. The summed E-state index contributed by atoms with van der Waals surface area (Å²) in [4.78, 5) is 10.7. The molecule has 0 heterocycles. The van der Waals surface area contributed by atoms with Gasteiger partial charge in [0.2, 0.25) is 0 Å². The van der Waals surface area contributed by atoms with Crippen molar-refractivity contribution in [1.29, 1.82) is 0 Å². The SMILES string of the molecule is CNC(=O)C(O)C(O)C(O)CO. The molecule has 0 aromatic heterocycles. The molecule has 5 N–H and O–H groups in total. The first-order chi connectivity index (χ1) is 5.54. The van der Waals surface area contributed by atoms with Crippen molar-refractivity contribution in [2.45, 2.75) is 18.3 Å². The molecule has 3 unspecified atom stereocenters. The first kappa shape index (κ1) is 11.3. The Bertz CT molecular complexity index is 151. The zero-order valence-corrected chi connectivity index (χ0v) is 6.64. The predicted octanol–water partition coefficient (Wildman–Crippen LogP) is -3.19. The van der Waals surface area contributed by atoms with E-state index < -0.39 is 30.8 Å². The molecule has 0 aromatic carbocycles. The van der Waals surface area contributed by atoms with Crippen LogP contribution in [0.15, 0.2) is 0 Å². The molecule has 0 rings (SSSR count). The van der Waals surface area contributed by atoms with Gasteiger partial charge in [0, 0.05) is 7.05 Å². The van der Waals surface area contributed by atoms with Gasteiger partial charge in [-0.2, -0.15) is 0 Å². The Kier molecular flexibility index (Phi) is 4.75. The van der Waals surface area contributed by atoms with Crippen molar-refractivity contribution in [3.63, 3.8) is 0 Å². The molecular formula is C6H13NO5. The Balaban J connectivity index is 4.08. The average molecular weight is 179 g/mol. The fourth-order valence-corrected chi connectivity index (χ4v) is 0.621. The van der Waals surface area contributed by atoms with Gasteiger partial charge in [0.1, 0.15) is 12.2 Å². The van der Waals surface area contributed by atoms with E-state index in [1.165, 1.54) is 7.05 Å². The largest absolute Gasteiger partial charge is 0.394 e. The molecule has 6 heteroatoms. The van der Waals surface area contributed by atoms with E-state index in [9.17, 15) is 4.79 Å². The summed E-state index contributed by atoms with van der Waals surface area (Å²) in [6.45, 7) is -0.713. The lowest BCUT2D eigenvalue weighted by Gasteiger charge is -2.19. The summed E-state index contributed by atoms with van der Waals surface area (Å²) in [5, 5.41) is 37.2. The first-order valence-electron chi connectivity index (χ1n) is 3.41. The van der Waals surface area contributed by atoms with Crippen molar-refractivity contribution < 1.29 is 25.2 Å². The van der Waals surface area contributed by atoms with Crippen LogP contribution in [0.2, 0.25) is 0 Å². The van der Waals surface area contributed by atoms with Crippen molar-refractivity contribution in [3.8, 4) is 0 Å². The number of nitrogens with one attached hydrogen (secondary N) is 1. The second kappa shape index (κ2) is 5.04. The van der Waals surface area contributed by atoms with Crippen LogP contribution in [-0.4, -0.2) is 58.3 Å². The van der Waals surface area contributed by atoms with Crippen LogP contribution in [-0.2, 0) is 4.79 Å². The molecule has 6 nitrogen and oxygen atoms in total. The third-order valence-electron chi connectivity index (χ3n) is 1.42. The molecule has 0 aliphatic carbocycles. The highest BCUT2D eigenvalue weighted by Gasteiger charge is 2.28. The van der Waals surface area contributed by atoms with Crippen LogP contribution in [0, 0.1) is 0 Å². The van der Waals surface area contributed by atoms with E-state index in [1.807, 2.05) is 0 Å². The van der Waals surface area contributed by atoms with Crippen LogP contribution in [0.4, 0.5) is 0 Å². The number of rotatable bonds is 4. The molecule has 0 aliphatic heterocycles. The standard InChI is InChI=1S/C6H13NO5/c1-7-6(12)5(11)4(10)3(9)2-8/h3-5,8-11H,2H2,1H3,(H,7,12). The quantitative estimate of drug-likeness (QED) is 0.312. The zero-order valence-electron chi connectivity index (χ0n) is 6.64. The van der Waals surface area contributed by atoms with E-state index in [1.54, 1.807) is 0 Å². The Labute approximate surface area is 69.5 Å². The number of hydrogen-bond acceptors (Lipinski definition) is 5. The Morgan fingerprint density at radius 1 is 1.42 bits per heavy atom. The lowest BCUT2D eigenvalue weighted by molar-refractivity contribution is -0.141. The summed E-state index contributed by atoms with van der Waals surface area (Å²) in [5.74, 6) is -0.810. The Hall–Kier alpha value is -0.690. The van der Waals surface area contributed by atoms with E-state index in [0.717, 1.165) is 0 Å². The van der Waals surface area contributed by atoms with Gasteiger partial charge in [-0.1, -0.05) is 0 Å². The van der Waals surface area contributed by atoms with Crippen molar-refractivity contribution in [3.05, 3.63) is 0 Å². The van der Waals surface area contributed by atoms with Crippen molar-refractivity contribution >= 4 is 5.91 Å². The van der Waals surface area contributed by atoms with E-state index in [0.29, 0.717) is 0 Å². The predicted molar refractivity (Wildman–Crippen MR) is 39.2 cm³/mol. The van der Waals surface area contributed by atoms with Crippen LogP contribution in [0.1, 0.15) is 0 Å². The maximum absolute atomic E-state index is 10.7. The fourth-order valence-electron chi connectivity index (χ4n) is 0.621. The lowest BCUT2D eigenvalue weighted by atomic mass is 10.1. The molecule has 72 valence electrons. The van der Waals surface area contributed by atoms with Crippen LogP contribution < -0.4 is 5.32 Å². The fraction of sp³-hybridized carbons (Fsp3) is 0.833. The number of amides is 1. The highest BCUT2D eigenvalue weighted by molar-refractivity contribution is 5.80. The van der Waals surface area contributed by atoms with Gasteiger partial charge < -0.3 is 25.7 Å². The first-order valence-corrected chi connectivity index (χ1v) is 3.41. The van der Waals surface area contributed by atoms with Crippen LogP contribution in [0.5, 0.6) is 0 Å². The maximum Gasteiger partial charge on any atom is 0.251 e. The Morgan fingerprint density at radius 2 is 1.92 bits per heavy atom. The van der Waals surface area contributed by atoms with Gasteiger partial charge in [-0.15, -0.1) is 0 Å². The van der Waals surface area contributed by atoms with Gasteiger partial charge in [0.15, 0.2) is 6.10 Å². The molecule has 0 aliphatic rings. The monoisotopic (exact) mass is 179 g/mol. The van der Waals surface area contributed by atoms with Gasteiger partial charge in [-0.25, -0.2) is 0 Å². The highest BCUT2D eigenvalue weighted by atomic mass is 16.4. The van der Waals surface area contributed by atoms with E-state index in [-0.39, 0.29) is 0 Å². The third kappa shape index (κ3) is 2.74. The second-order valence-corrected chi connectivity index (χ2v) is 2.30. The lowest BCUT2D eigenvalue weighted by Crippen LogP contribution is -2.47. The number of aliphatic hydroxyl groups excluding tert-OH is 4. The molecular weight excluding hydrogens is 166 g/mol. The molecule has 3 atom stereocenters. The van der Waals surface area contributed by atoms with Crippen LogP contribution >= 0.6 is 0 Å². The molecule has 0 fully saturated rings. The normalized spacial score (nSPS) is 18.1. The molecule has 0 aromatic rings. The van der Waals surface area contributed by atoms with Gasteiger partial charge >= 0.3 is 0 Å². The number of carbonyl (C=O) groups is 1. The van der Waals surface area contributed by atoms with Crippen molar-refractivity contribution in [2.75, 3.05) is 13.7 Å². The second-order valence-electron chi connectivity index (χ2n) is 2.30. The van der Waals surface area contributed by atoms with Crippen molar-refractivity contribution in [1.82, 2.24) is 5.32 Å². The number of aliphatic hydroxyl groups is 4. The number of hydrogen-bond donors (Lipinski definition) is 5. The molecule has 1 amide bonds. The summed E-state index contributed by atoms with van der Waals surface area (Å²) < 4.78 is 0. The topological polar surface area (TPSA) is 110 Å². The molecule has 0 spiro atoms. The minimum Gasteiger partial charge on any atom is -0.394 e. The van der Waals surface area contributed by atoms with E-state index in [2.05, 4.69) is 5.32 Å². The zero-order chi connectivity index (χ0) is 9.72. The smallest absolute Gasteiger partial charge is 0.251 e. The van der Waals surface area contributed by atoms with Gasteiger partial charge in [-0.05, 0) is 0 Å². The van der Waals surface area contributed by atoms with Gasteiger partial charge in [-0.3, -0.25) is 4.79 Å². The summed E-state index contributed by atoms with van der Waals surface area (Å²) >= 11 is 0. The summed E-state index contributed by atoms with van der Waals surface area (Å²) in [6.07, 6.45) is -4.91. The maximum atomic E-state index is 10.7. The molecule has 0 saturated heterocycles. The van der Waals surface area contributed by atoms with Gasteiger partial charge in [0.25, 0.3) is 5.91 Å². The average Bonchev–Trinajstić information content (AvgIpc) is 2.12. The van der Waals surface area contributed by atoms with Gasteiger partial charge in [0.05, 0.1) is 6.61 Å². The molecule has 0 saturated carbocycles. The van der Waals surface area contributed by atoms with Crippen LogP contribution in [0.25, 0.3) is 0 Å². The molecule has 0 radical (unpaired) electrons. The number of carbonyl (C=O) groups excluding carboxylic acids is 1. The minimum atomic E-state index is -1.72. The van der Waals surface area contributed by atoms with Crippen molar-refractivity contribution in [2.24, 2.45) is 0 Å². The highest BCUT2D eigenvalue weighted by Crippen LogP contribution is 1.99.